The highest BCUT2D eigenvalue weighted by atomic mass is 16.5. The molecule has 3 atom stereocenters. The topological polar surface area (TPSA) is 137 Å². The van der Waals surface area contributed by atoms with Crippen LogP contribution in [-0.4, -0.2) is 65.4 Å². The van der Waals surface area contributed by atoms with E-state index in [-0.39, 0.29) is 41.9 Å². The predicted octanol–water partition coefficient (Wildman–Crippen LogP) is 1.34. The van der Waals surface area contributed by atoms with Gasteiger partial charge in [0.25, 0.3) is 5.91 Å². The maximum Gasteiger partial charge on any atom is 0.329 e. The van der Waals surface area contributed by atoms with Crippen molar-refractivity contribution in [3.8, 4) is 11.8 Å². The van der Waals surface area contributed by atoms with Crippen LogP contribution in [0.15, 0.2) is 18.2 Å². The summed E-state index contributed by atoms with van der Waals surface area (Å²) in [6, 6.07) is 0.347. The molecule has 0 aromatic carbocycles. The molecule has 1 aliphatic carbocycles. The minimum atomic E-state index is -1.09. The van der Waals surface area contributed by atoms with E-state index in [0.29, 0.717) is 12.8 Å². The molecule has 11 nitrogen and oxygen atoms in total. The molecule has 11 heteroatoms. The maximum atomic E-state index is 12.9. The maximum absolute atomic E-state index is 12.9. The van der Waals surface area contributed by atoms with Gasteiger partial charge in [-0.05, 0) is 25.2 Å². The van der Waals surface area contributed by atoms with Crippen LogP contribution in [0.1, 0.15) is 33.1 Å². The first kappa shape index (κ1) is 24.1. The van der Waals surface area contributed by atoms with E-state index in [1.54, 1.807) is 0 Å². The fourth-order valence-corrected chi connectivity index (χ4v) is 3.95. The summed E-state index contributed by atoms with van der Waals surface area (Å²) < 4.78 is 15.2. The summed E-state index contributed by atoms with van der Waals surface area (Å²) in [5, 5.41) is 2.40. The lowest BCUT2D eigenvalue weighted by Gasteiger charge is -2.26. The SMILES string of the molecule is COc1cc(OC)nc(NC(=O)COC(=O)C(CC(C)C)N2C(=O)C3CC=CCC3C2=O)n1. The number of amides is 3. The molecule has 2 heterocycles. The number of likely N-dealkylation sites (tertiary alicyclic amines) is 1. The molecular formula is C22H28N4O7. The highest BCUT2D eigenvalue weighted by Gasteiger charge is 2.51. The molecular weight excluding hydrogens is 432 g/mol. The van der Waals surface area contributed by atoms with E-state index in [0.717, 1.165) is 4.90 Å². The molecule has 1 aromatic rings. The number of fused-ring (bicyclic) bond motifs is 1. The van der Waals surface area contributed by atoms with Gasteiger partial charge in [-0.3, -0.25) is 24.6 Å². The van der Waals surface area contributed by atoms with Gasteiger partial charge in [-0.25, -0.2) is 4.79 Å². The lowest BCUT2D eigenvalue weighted by atomic mass is 9.85. The molecule has 3 rings (SSSR count). The van der Waals surface area contributed by atoms with Gasteiger partial charge in [0.05, 0.1) is 32.1 Å². The Morgan fingerprint density at radius 3 is 2.09 bits per heavy atom. The fourth-order valence-electron chi connectivity index (χ4n) is 3.95. The van der Waals surface area contributed by atoms with Crippen molar-refractivity contribution < 1.29 is 33.4 Å². The summed E-state index contributed by atoms with van der Waals surface area (Å²) >= 11 is 0. The van der Waals surface area contributed by atoms with Crippen molar-refractivity contribution in [1.82, 2.24) is 14.9 Å². The minimum Gasteiger partial charge on any atom is -0.481 e. The number of methoxy groups -OCH3 is 2. The van der Waals surface area contributed by atoms with Gasteiger partial charge in [-0.1, -0.05) is 26.0 Å². The molecule has 3 amide bonds. The van der Waals surface area contributed by atoms with Crippen LogP contribution in [0.3, 0.4) is 0 Å². The van der Waals surface area contributed by atoms with Gasteiger partial charge in [0.1, 0.15) is 6.04 Å². The molecule has 1 fully saturated rings. The molecule has 3 unspecified atom stereocenters. The number of ether oxygens (including phenoxy) is 3. The Balaban J connectivity index is 1.67. The predicted molar refractivity (Wildman–Crippen MR) is 115 cm³/mol. The first-order chi connectivity index (χ1) is 15.7. The molecule has 0 saturated carbocycles. The Bertz CT molecular complexity index is 914. The molecule has 178 valence electrons. The van der Waals surface area contributed by atoms with E-state index in [1.165, 1.54) is 20.3 Å². The monoisotopic (exact) mass is 460 g/mol. The number of rotatable bonds is 9. The summed E-state index contributed by atoms with van der Waals surface area (Å²) in [6.07, 6.45) is 4.95. The lowest BCUT2D eigenvalue weighted by molar-refractivity contribution is -0.160. The number of esters is 1. The van der Waals surface area contributed by atoms with Gasteiger partial charge in [0.15, 0.2) is 6.61 Å². The van der Waals surface area contributed by atoms with Gasteiger partial charge in [0, 0.05) is 0 Å². The van der Waals surface area contributed by atoms with Gasteiger partial charge in [0.2, 0.25) is 29.5 Å². The number of nitrogens with zero attached hydrogens (tertiary/aromatic N) is 3. The second kappa shape index (κ2) is 10.4. The van der Waals surface area contributed by atoms with Crippen LogP contribution in [0.25, 0.3) is 0 Å². The Kier molecular flexibility index (Phi) is 7.62. The summed E-state index contributed by atoms with van der Waals surface area (Å²) in [5.74, 6) is -2.86. The lowest BCUT2D eigenvalue weighted by Crippen LogP contribution is -2.47. The number of anilines is 1. The van der Waals surface area contributed by atoms with Gasteiger partial charge in [-0.2, -0.15) is 9.97 Å². The average Bonchev–Trinajstić information content (AvgIpc) is 3.05. The quantitative estimate of drug-likeness (QED) is 0.329. The van der Waals surface area contributed by atoms with Crippen molar-refractivity contribution in [2.75, 3.05) is 26.1 Å². The zero-order valence-corrected chi connectivity index (χ0v) is 19.1. The van der Waals surface area contributed by atoms with E-state index >= 15 is 0 Å². The van der Waals surface area contributed by atoms with E-state index in [4.69, 9.17) is 14.2 Å². The van der Waals surface area contributed by atoms with Gasteiger partial charge >= 0.3 is 5.97 Å². The third-order valence-corrected chi connectivity index (χ3v) is 5.51. The highest BCUT2D eigenvalue weighted by Crippen LogP contribution is 2.37. The Morgan fingerprint density at radius 2 is 1.61 bits per heavy atom. The number of hydrogen-bond donors (Lipinski definition) is 1. The molecule has 1 aromatic heterocycles. The summed E-state index contributed by atoms with van der Waals surface area (Å²) in [7, 11) is 2.80. The van der Waals surface area contributed by atoms with Crippen molar-refractivity contribution >= 4 is 29.6 Å². The van der Waals surface area contributed by atoms with E-state index < -0.39 is 36.4 Å². The molecule has 0 spiro atoms. The van der Waals surface area contributed by atoms with E-state index in [9.17, 15) is 19.2 Å². The zero-order chi connectivity index (χ0) is 24.1. The van der Waals surface area contributed by atoms with Crippen molar-refractivity contribution in [3.63, 3.8) is 0 Å². The van der Waals surface area contributed by atoms with Crippen LogP contribution in [0.4, 0.5) is 5.95 Å². The smallest absolute Gasteiger partial charge is 0.329 e. The number of allylic oxidation sites excluding steroid dienone is 2. The van der Waals surface area contributed by atoms with Crippen molar-refractivity contribution in [1.29, 1.82) is 0 Å². The number of imide groups is 1. The molecule has 1 N–H and O–H groups in total. The highest BCUT2D eigenvalue weighted by molar-refractivity contribution is 6.08. The average molecular weight is 460 g/mol. The summed E-state index contributed by atoms with van der Waals surface area (Å²) in [6.45, 7) is 3.11. The van der Waals surface area contributed by atoms with Crippen LogP contribution < -0.4 is 14.8 Å². The number of aromatic nitrogens is 2. The summed E-state index contributed by atoms with van der Waals surface area (Å²) in [4.78, 5) is 60.0. The number of nitrogens with one attached hydrogen (secondary N) is 1. The van der Waals surface area contributed by atoms with Crippen LogP contribution in [-0.2, 0) is 23.9 Å². The van der Waals surface area contributed by atoms with E-state index in [1.807, 2.05) is 26.0 Å². The van der Waals surface area contributed by atoms with Gasteiger partial charge < -0.3 is 14.2 Å². The number of carbonyl (C=O) groups is 4. The first-order valence-electron chi connectivity index (χ1n) is 10.7. The third kappa shape index (κ3) is 5.47. The fraction of sp³-hybridized carbons (Fsp3) is 0.545. The van der Waals surface area contributed by atoms with Crippen LogP contribution in [0.2, 0.25) is 0 Å². The second-order valence-corrected chi connectivity index (χ2v) is 8.28. The standard InChI is InChI=1S/C22H28N4O7/c1-12(2)9-15(26-19(28)13-7-5-6-8-14(13)20(26)29)21(30)33-11-16(27)23-22-24-17(31-3)10-18(25-22)32-4/h5-6,10,12-15H,7-9,11H2,1-4H3,(H,23,24,25,27). The third-order valence-electron chi connectivity index (χ3n) is 5.51. The van der Waals surface area contributed by atoms with E-state index in [2.05, 4.69) is 15.3 Å². The number of carbonyl (C=O) groups excluding carboxylic acids is 4. The molecule has 33 heavy (non-hydrogen) atoms. The largest absolute Gasteiger partial charge is 0.481 e. The molecule has 1 aliphatic heterocycles. The van der Waals surface area contributed by atoms with Crippen LogP contribution >= 0.6 is 0 Å². The van der Waals surface area contributed by atoms with Crippen molar-refractivity contribution in [3.05, 3.63) is 18.2 Å². The second-order valence-electron chi connectivity index (χ2n) is 8.28. The van der Waals surface area contributed by atoms with Crippen molar-refractivity contribution in [2.24, 2.45) is 17.8 Å². The Morgan fingerprint density at radius 1 is 1.06 bits per heavy atom. The normalized spacial score (nSPS) is 20.5. The zero-order valence-electron chi connectivity index (χ0n) is 19.1. The molecule has 0 radical (unpaired) electrons. The molecule has 2 aliphatic rings. The molecule has 1 saturated heterocycles. The summed E-state index contributed by atoms with van der Waals surface area (Å²) in [5.41, 5.74) is 0. The Hall–Kier alpha value is -3.50. The van der Waals surface area contributed by atoms with Crippen LogP contribution in [0, 0.1) is 17.8 Å². The minimum absolute atomic E-state index is 0.00961. The van der Waals surface area contributed by atoms with Crippen LogP contribution in [0.5, 0.6) is 11.8 Å². The molecule has 0 bridgehead atoms. The van der Waals surface area contributed by atoms with Crippen molar-refractivity contribution in [2.45, 2.75) is 39.2 Å². The first-order valence-corrected chi connectivity index (χ1v) is 10.7. The van der Waals surface area contributed by atoms with Gasteiger partial charge in [-0.15, -0.1) is 0 Å². The number of hydrogen-bond acceptors (Lipinski definition) is 9. The Labute approximate surface area is 191 Å².